The maximum atomic E-state index is 13.0. The topological polar surface area (TPSA) is 85.4 Å². The number of rotatable bonds is 3. The second-order valence-corrected chi connectivity index (χ2v) is 8.38. The highest BCUT2D eigenvalue weighted by Gasteiger charge is 2.37. The number of nitrogens with zero attached hydrogens (tertiary/aromatic N) is 3. The van der Waals surface area contributed by atoms with Crippen LogP contribution in [0.25, 0.3) is 0 Å². The van der Waals surface area contributed by atoms with Crippen molar-refractivity contribution in [3.8, 4) is 0 Å². The van der Waals surface area contributed by atoms with Gasteiger partial charge in [-0.2, -0.15) is 5.10 Å². The summed E-state index contributed by atoms with van der Waals surface area (Å²) in [5.74, 6) is 0.648. The Kier molecular flexibility index (Phi) is 4.25. The number of carbonyl (C=O) groups excluding carboxylic acids is 1. The van der Waals surface area contributed by atoms with E-state index < -0.39 is 15.9 Å². The average Bonchev–Trinajstić information content (AvgIpc) is 3.11. The van der Waals surface area contributed by atoms with Crippen LogP contribution >= 0.6 is 0 Å². The van der Waals surface area contributed by atoms with Crippen LogP contribution in [0.4, 0.5) is 0 Å². The van der Waals surface area contributed by atoms with E-state index in [1.165, 1.54) is 0 Å². The molecule has 1 atom stereocenters. The van der Waals surface area contributed by atoms with Gasteiger partial charge in [0.2, 0.25) is 0 Å². The van der Waals surface area contributed by atoms with Crippen LogP contribution in [-0.2, 0) is 23.3 Å². The van der Waals surface area contributed by atoms with Crippen molar-refractivity contribution < 1.29 is 17.6 Å². The first-order chi connectivity index (χ1) is 11.3. The van der Waals surface area contributed by atoms with E-state index in [4.69, 9.17) is 4.42 Å². The zero-order valence-corrected chi connectivity index (χ0v) is 14.8. The third kappa shape index (κ3) is 3.10. The predicted molar refractivity (Wildman–Crippen MR) is 88.5 cm³/mol. The van der Waals surface area contributed by atoms with E-state index in [1.807, 2.05) is 19.9 Å². The van der Waals surface area contributed by atoms with Gasteiger partial charge in [0.05, 0.1) is 23.7 Å². The molecule has 130 valence electrons. The van der Waals surface area contributed by atoms with Gasteiger partial charge >= 0.3 is 0 Å². The Morgan fingerprint density at radius 2 is 2.21 bits per heavy atom. The molecule has 3 heterocycles. The average molecular weight is 351 g/mol. The minimum Gasteiger partial charge on any atom is -0.456 e. The lowest BCUT2D eigenvalue weighted by molar-refractivity contribution is 0.0662. The molecule has 24 heavy (non-hydrogen) atoms. The van der Waals surface area contributed by atoms with Crippen LogP contribution in [0, 0.1) is 6.92 Å². The second-order valence-electron chi connectivity index (χ2n) is 6.15. The molecular formula is C16H21N3O4S. The zero-order chi connectivity index (χ0) is 17.5. The van der Waals surface area contributed by atoms with Crippen LogP contribution in [0.3, 0.4) is 0 Å². The van der Waals surface area contributed by atoms with Crippen LogP contribution in [0.5, 0.6) is 0 Å². The Morgan fingerprint density at radius 3 is 2.79 bits per heavy atom. The van der Waals surface area contributed by atoms with Crippen molar-refractivity contribution in [3.05, 3.63) is 41.1 Å². The van der Waals surface area contributed by atoms with Gasteiger partial charge in [-0.3, -0.25) is 9.48 Å². The van der Waals surface area contributed by atoms with Gasteiger partial charge in [-0.05, 0) is 13.0 Å². The number of aromatic nitrogens is 2. The first kappa shape index (κ1) is 16.8. The van der Waals surface area contributed by atoms with E-state index in [9.17, 15) is 13.2 Å². The predicted octanol–water partition coefficient (Wildman–Crippen LogP) is 1.50. The number of carbonyl (C=O) groups is 1. The lowest BCUT2D eigenvalue weighted by atomic mass is 10.1. The lowest BCUT2D eigenvalue weighted by Gasteiger charge is -2.34. The van der Waals surface area contributed by atoms with Crippen LogP contribution in [0.2, 0.25) is 0 Å². The molecule has 2 aromatic rings. The van der Waals surface area contributed by atoms with E-state index in [0.717, 1.165) is 11.3 Å². The summed E-state index contributed by atoms with van der Waals surface area (Å²) < 4.78 is 31.4. The molecule has 0 saturated carbocycles. The summed E-state index contributed by atoms with van der Waals surface area (Å²) >= 11 is 0. The summed E-state index contributed by atoms with van der Waals surface area (Å²) in [6, 6.07) is 1.31. The van der Waals surface area contributed by atoms with Gasteiger partial charge in [0.15, 0.2) is 15.6 Å². The number of sulfone groups is 1. The maximum absolute atomic E-state index is 13.0. The SMILES string of the molecule is CCc1cc(C)c(C(=O)N2CCS(=O)(=O)CC2c2cnn(C)c2)o1. The van der Waals surface area contributed by atoms with Crippen LogP contribution in [0.1, 0.15) is 40.4 Å². The molecule has 1 fully saturated rings. The first-order valence-corrected chi connectivity index (χ1v) is 9.72. The Hall–Kier alpha value is -2.09. The molecule has 3 rings (SSSR count). The normalized spacial score (nSPS) is 20.3. The third-order valence-corrected chi connectivity index (χ3v) is 5.94. The molecule has 7 nitrogen and oxygen atoms in total. The van der Waals surface area contributed by atoms with Gasteiger partial charge in [0.1, 0.15) is 5.76 Å². The summed E-state index contributed by atoms with van der Waals surface area (Å²) in [4.78, 5) is 14.5. The zero-order valence-electron chi connectivity index (χ0n) is 14.0. The molecule has 1 aliphatic heterocycles. The molecule has 8 heteroatoms. The molecular weight excluding hydrogens is 330 g/mol. The minimum absolute atomic E-state index is 0.0319. The van der Waals surface area contributed by atoms with Gasteiger partial charge in [0.25, 0.3) is 5.91 Å². The highest BCUT2D eigenvalue weighted by atomic mass is 32.2. The third-order valence-electron chi connectivity index (χ3n) is 4.31. The molecule has 1 saturated heterocycles. The molecule has 2 aromatic heterocycles. The molecule has 0 aromatic carbocycles. The summed E-state index contributed by atoms with van der Waals surface area (Å²) in [5, 5.41) is 4.10. The van der Waals surface area contributed by atoms with Crippen molar-refractivity contribution in [2.45, 2.75) is 26.3 Å². The molecule has 1 aliphatic rings. The van der Waals surface area contributed by atoms with E-state index in [-0.39, 0.29) is 24.0 Å². The van der Waals surface area contributed by atoms with Gasteiger partial charge < -0.3 is 9.32 Å². The highest BCUT2D eigenvalue weighted by Crippen LogP contribution is 2.29. The molecule has 1 unspecified atom stereocenters. The molecule has 0 spiro atoms. The van der Waals surface area contributed by atoms with E-state index in [0.29, 0.717) is 17.7 Å². The molecule has 0 N–H and O–H groups in total. The fraction of sp³-hybridized carbons (Fsp3) is 0.500. The van der Waals surface area contributed by atoms with E-state index >= 15 is 0 Å². The number of amides is 1. The van der Waals surface area contributed by atoms with Crippen molar-refractivity contribution in [2.75, 3.05) is 18.1 Å². The molecule has 0 aliphatic carbocycles. The Morgan fingerprint density at radius 1 is 1.46 bits per heavy atom. The van der Waals surface area contributed by atoms with E-state index in [1.54, 1.807) is 29.0 Å². The van der Waals surface area contributed by atoms with Crippen molar-refractivity contribution in [2.24, 2.45) is 7.05 Å². The quantitative estimate of drug-likeness (QED) is 0.836. The van der Waals surface area contributed by atoms with Gasteiger partial charge in [0, 0.05) is 37.3 Å². The summed E-state index contributed by atoms with van der Waals surface area (Å²) in [7, 11) is -1.43. The lowest BCUT2D eigenvalue weighted by Crippen LogP contribution is -2.46. The van der Waals surface area contributed by atoms with E-state index in [2.05, 4.69) is 5.10 Å². The number of aryl methyl sites for hydroxylation is 3. The summed E-state index contributed by atoms with van der Waals surface area (Å²) in [6.07, 6.45) is 4.06. The monoisotopic (exact) mass is 351 g/mol. The molecule has 1 amide bonds. The molecule has 0 radical (unpaired) electrons. The summed E-state index contributed by atoms with van der Waals surface area (Å²) in [6.45, 7) is 3.94. The number of hydrogen-bond acceptors (Lipinski definition) is 5. The van der Waals surface area contributed by atoms with Crippen molar-refractivity contribution in [1.82, 2.24) is 14.7 Å². The number of hydrogen-bond donors (Lipinski definition) is 0. The molecule has 0 bridgehead atoms. The Labute approximate surface area is 141 Å². The fourth-order valence-electron chi connectivity index (χ4n) is 3.00. The van der Waals surface area contributed by atoms with Crippen LogP contribution < -0.4 is 0 Å². The van der Waals surface area contributed by atoms with Crippen molar-refractivity contribution in [3.63, 3.8) is 0 Å². The summed E-state index contributed by atoms with van der Waals surface area (Å²) in [5.41, 5.74) is 1.49. The van der Waals surface area contributed by atoms with Crippen molar-refractivity contribution >= 4 is 15.7 Å². The Bertz CT molecular complexity index is 866. The minimum atomic E-state index is -3.19. The second kappa shape index (κ2) is 6.08. The van der Waals surface area contributed by atoms with Gasteiger partial charge in [-0.1, -0.05) is 6.92 Å². The van der Waals surface area contributed by atoms with Crippen molar-refractivity contribution in [1.29, 1.82) is 0 Å². The Balaban J connectivity index is 1.97. The first-order valence-electron chi connectivity index (χ1n) is 7.90. The maximum Gasteiger partial charge on any atom is 0.290 e. The van der Waals surface area contributed by atoms with Crippen LogP contribution in [-0.4, -0.2) is 47.1 Å². The highest BCUT2D eigenvalue weighted by molar-refractivity contribution is 7.91. The largest absolute Gasteiger partial charge is 0.456 e. The van der Waals surface area contributed by atoms with Crippen LogP contribution in [0.15, 0.2) is 22.9 Å². The van der Waals surface area contributed by atoms with Gasteiger partial charge in [-0.25, -0.2) is 8.42 Å². The van der Waals surface area contributed by atoms with Gasteiger partial charge in [-0.15, -0.1) is 0 Å². The fourth-order valence-corrected chi connectivity index (χ4v) is 4.50. The number of furan rings is 1. The smallest absolute Gasteiger partial charge is 0.290 e. The standard InChI is InChI=1S/C16H21N3O4S/c1-4-13-7-11(2)15(23-13)16(20)19-5-6-24(21,22)10-14(19)12-8-17-18(3)9-12/h7-9,14H,4-6,10H2,1-3H3.